The summed E-state index contributed by atoms with van der Waals surface area (Å²) in [7, 11) is 0. The molecule has 2 heterocycles. The van der Waals surface area contributed by atoms with Gasteiger partial charge in [-0.25, -0.2) is 9.97 Å². The lowest BCUT2D eigenvalue weighted by atomic mass is 10.1. The highest BCUT2D eigenvalue weighted by Gasteiger charge is 2.18. The smallest absolute Gasteiger partial charge is 0.190 e. The van der Waals surface area contributed by atoms with Crippen molar-refractivity contribution in [2.45, 2.75) is 0 Å². The summed E-state index contributed by atoms with van der Waals surface area (Å²) in [6.45, 7) is 0. The first kappa shape index (κ1) is 16.9. The van der Waals surface area contributed by atoms with Crippen LogP contribution in [-0.4, -0.2) is 30.2 Å². The summed E-state index contributed by atoms with van der Waals surface area (Å²) < 4.78 is 1.70. The molecule has 0 amide bonds. The molecule has 0 N–H and O–H groups in total. The number of nitrogens with zero attached hydrogens (tertiary/aromatic N) is 6. The molecule has 5 rings (SSSR count). The van der Waals surface area contributed by atoms with Crippen LogP contribution >= 0.6 is 0 Å². The third kappa shape index (κ3) is 3.27. The van der Waals surface area contributed by atoms with Gasteiger partial charge in [-0.15, -0.1) is 5.10 Å². The van der Waals surface area contributed by atoms with Crippen LogP contribution in [0.5, 0.6) is 0 Å². The van der Waals surface area contributed by atoms with Crippen LogP contribution in [0, 0.1) is 0 Å². The zero-order chi connectivity index (χ0) is 19.5. The molecule has 0 unspecified atom stereocenters. The van der Waals surface area contributed by atoms with Gasteiger partial charge in [-0.05, 0) is 22.6 Å². The summed E-state index contributed by atoms with van der Waals surface area (Å²) in [6.07, 6.45) is 1.79. The largest absolute Gasteiger partial charge is 0.236 e. The molecule has 0 radical (unpaired) electrons. The van der Waals surface area contributed by atoms with Crippen LogP contribution < -0.4 is 0 Å². The molecule has 0 spiro atoms. The molecule has 138 valence electrons. The SMILES string of the molecule is c1ccc(-c2ncc(-c3nnnn3-c3ccccc3)c(-c3ccccc3)n2)cc1. The van der Waals surface area contributed by atoms with Crippen molar-refractivity contribution in [1.82, 2.24) is 30.2 Å². The highest BCUT2D eigenvalue weighted by molar-refractivity contribution is 5.79. The highest BCUT2D eigenvalue weighted by atomic mass is 15.5. The number of hydrogen-bond donors (Lipinski definition) is 0. The molecule has 6 heteroatoms. The Balaban J connectivity index is 1.71. The molecule has 0 aliphatic heterocycles. The van der Waals surface area contributed by atoms with Crippen LogP contribution in [0.1, 0.15) is 0 Å². The van der Waals surface area contributed by atoms with E-state index in [9.17, 15) is 0 Å². The van der Waals surface area contributed by atoms with Gasteiger partial charge in [0.05, 0.1) is 16.9 Å². The van der Waals surface area contributed by atoms with Crippen molar-refractivity contribution in [2.24, 2.45) is 0 Å². The third-order valence-corrected chi connectivity index (χ3v) is 4.58. The van der Waals surface area contributed by atoms with Crippen molar-refractivity contribution < 1.29 is 0 Å². The number of para-hydroxylation sites is 1. The third-order valence-electron chi connectivity index (χ3n) is 4.58. The Hall–Kier alpha value is -4.19. The lowest BCUT2D eigenvalue weighted by Gasteiger charge is -2.11. The maximum Gasteiger partial charge on any atom is 0.190 e. The van der Waals surface area contributed by atoms with Gasteiger partial charge in [-0.3, -0.25) is 0 Å². The number of benzene rings is 3. The van der Waals surface area contributed by atoms with Crippen LogP contribution in [-0.2, 0) is 0 Å². The van der Waals surface area contributed by atoms with Gasteiger partial charge in [-0.1, -0.05) is 78.9 Å². The molecule has 3 aromatic carbocycles. The molecular formula is C23H16N6. The van der Waals surface area contributed by atoms with Crippen LogP contribution in [0.25, 0.3) is 39.7 Å². The van der Waals surface area contributed by atoms with E-state index in [4.69, 9.17) is 4.98 Å². The van der Waals surface area contributed by atoms with E-state index in [1.807, 2.05) is 91.0 Å². The molecule has 5 aromatic rings. The minimum absolute atomic E-state index is 0.592. The molecule has 0 bridgehead atoms. The van der Waals surface area contributed by atoms with E-state index in [-0.39, 0.29) is 0 Å². The molecule has 0 saturated carbocycles. The Morgan fingerprint density at radius 3 is 1.97 bits per heavy atom. The van der Waals surface area contributed by atoms with Gasteiger partial charge in [0.15, 0.2) is 11.6 Å². The molecule has 0 aliphatic carbocycles. The number of rotatable bonds is 4. The van der Waals surface area contributed by atoms with E-state index in [0.717, 1.165) is 28.1 Å². The molecule has 0 fully saturated rings. The van der Waals surface area contributed by atoms with Gasteiger partial charge >= 0.3 is 0 Å². The van der Waals surface area contributed by atoms with Crippen LogP contribution in [0.3, 0.4) is 0 Å². The molecule has 2 aromatic heterocycles. The standard InChI is InChI=1S/C23H16N6/c1-4-10-17(11-5-1)21-20(16-24-22(25-21)18-12-6-2-7-13-18)23-26-27-28-29(23)19-14-8-3-9-15-19/h1-16H. The maximum absolute atomic E-state index is 4.88. The van der Waals surface area contributed by atoms with E-state index in [1.165, 1.54) is 0 Å². The van der Waals surface area contributed by atoms with Crippen molar-refractivity contribution in [1.29, 1.82) is 0 Å². The summed E-state index contributed by atoms with van der Waals surface area (Å²) in [5.74, 6) is 1.25. The fourth-order valence-corrected chi connectivity index (χ4v) is 3.19. The van der Waals surface area contributed by atoms with E-state index < -0.39 is 0 Å². The lowest BCUT2D eigenvalue weighted by Crippen LogP contribution is -2.03. The predicted octanol–water partition coefficient (Wildman–Crippen LogP) is 4.45. The maximum atomic E-state index is 4.88. The molecule has 29 heavy (non-hydrogen) atoms. The molecule has 0 atom stereocenters. The Labute approximate surface area is 167 Å². The minimum Gasteiger partial charge on any atom is -0.236 e. The van der Waals surface area contributed by atoms with Gasteiger partial charge in [0.25, 0.3) is 0 Å². The zero-order valence-electron chi connectivity index (χ0n) is 15.4. The summed E-state index contributed by atoms with van der Waals surface area (Å²) in [5.41, 5.74) is 4.36. The minimum atomic E-state index is 0.592. The van der Waals surface area contributed by atoms with Gasteiger partial charge in [-0.2, -0.15) is 4.68 Å². The average molecular weight is 376 g/mol. The van der Waals surface area contributed by atoms with Gasteiger partial charge in [0.1, 0.15) is 0 Å². The highest BCUT2D eigenvalue weighted by Crippen LogP contribution is 2.31. The summed E-state index contributed by atoms with van der Waals surface area (Å²) in [6, 6.07) is 29.7. The summed E-state index contributed by atoms with van der Waals surface area (Å²) in [4.78, 5) is 9.49. The Morgan fingerprint density at radius 1 is 0.655 bits per heavy atom. The molecule has 0 saturated heterocycles. The van der Waals surface area contributed by atoms with E-state index in [2.05, 4.69) is 20.5 Å². The van der Waals surface area contributed by atoms with Gasteiger partial charge < -0.3 is 0 Å². The van der Waals surface area contributed by atoms with Crippen molar-refractivity contribution in [3.63, 3.8) is 0 Å². The van der Waals surface area contributed by atoms with Crippen molar-refractivity contribution >= 4 is 0 Å². The Morgan fingerprint density at radius 2 is 1.28 bits per heavy atom. The van der Waals surface area contributed by atoms with Crippen LogP contribution in [0.2, 0.25) is 0 Å². The Bertz CT molecular complexity index is 1230. The fourth-order valence-electron chi connectivity index (χ4n) is 3.19. The average Bonchev–Trinajstić information content (AvgIpc) is 3.30. The summed E-state index contributed by atoms with van der Waals surface area (Å²) >= 11 is 0. The first-order chi connectivity index (χ1) is 14.4. The normalized spacial score (nSPS) is 10.8. The van der Waals surface area contributed by atoms with Crippen molar-refractivity contribution in [3.8, 4) is 39.7 Å². The molecular weight excluding hydrogens is 360 g/mol. The second-order valence-electron chi connectivity index (χ2n) is 6.44. The first-order valence-corrected chi connectivity index (χ1v) is 9.22. The van der Waals surface area contributed by atoms with Crippen molar-refractivity contribution in [2.75, 3.05) is 0 Å². The number of aromatic nitrogens is 6. The molecule has 0 aliphatic rings. The van der Waals surface area contributed by atoms with Gasteiger partial charge in [0, 0.05) is 17.3 Å². The number of hydrogen-bond acceptors (Lipinski definition) is 5. The van der Waals surface area contributed by atoms with E-state index >= 15 is 0 Å². The predicted molar refractivity (Wildman–Crippen MR) is 111 cm³/mol. The number of tetrazole rings is 1. The lowest BCUT2D eigenvalue weighted by molar-refractivity contribution is 0.791. The second-order valence-corrected chi connectivity index (χ2v) is 6.44. The zero-order valence-corrected chi connectivity index (χ0v) is 15.4. The molecule has 6 nitrogen and oxygen atoms in total. The monoisotopic (exact) mass is 376 g/mol. The fraction of sp³-hybridized carbons (Fsp3) is 0. The van der Waals surface area contributed by atoms with Crippen molar-refractivity contribution in [3.05, 3.63) is 97.2 Å². The van der Waals surface area contributed by atoms with Gasteiger partial charge in [0.2, 0.25) is 0 Å². The summed E-state index contributed by atoms with van der Waals surface area (Å²) in [5, 5.41) is 12.3. The van der Waals surface area contributed by atoms with Crippen LogP contribution in [0.15, 0.2) is 97.2 Å². The first-order valence-electron chi connectivity index (χ1n) is 9.22. The van der Waals surface area contributed by atoms with Crippen LogP contribution in [0.4, 0.5) is 0 Å². The Kier molecular flexibility index (Phi) is 4.35. The second kappa shape index (κ2) is 7.44. The quantitative estimate of drug-likeness (QED) is 0.463. The van der Waals surface area contributed by atoms with E-state index in [0.29, 0.717) is 11.6 Å². The van der Waals surface area contributed by atoms with E-state index in [1.54, 1.807) is 10.9 Å². The topological polar surface area (TPSA) is 69.4 Å².